The maximum Gasteiger partial charge on any atom is 0.323 e. The van der Waals surface area contributed by atoms with Crippen LogP contribution in [0.25, 0.3) is 0 Å². The molecule has 0 saturated carbocycles. The fourth-order valence-corrected chi connectivity index (χ4v) is 2.78. The molecule has 0 atom stereocenters. The molecule has 2 rings (SSSR count). The number of amides is 3. The number of hydrogen-bond donors (Lipinski definition) is 2. The van der Waals surface area contributed by atoms with E-state index in [1.165, 1.54) is 13.0 Å². The van der Waals surface area contributed by atoms with Gasteiger partial charge in [-0.1, -0.05) is 38.1 Å². The molecule has 0 aliphatic heterocycles. The SMILES string of the molecule is CCc1cccc(CC)c1NC(=O)C(=O)N(C(C)=O)c1cccc(N)c1. The van der Waals surface area contributed by atoms with E-state index in [9.17, 15) is 14.4 Å². The molecule has 0 aromatic heterocycles. The average molecular weight is 353 g/mol. The van der Waals surface area contributed by atoms with Gasteiger partial charge in [-0.3, -0.25) is 14.4 Å². The topological polar surface area (TPSA) is 92.5 Å². The summed E-state index contributed by atoms with van der Waals surface area (Å²) in [6, 6.07) is 12.0. The Hall–Kier alpha value is -3.15. The lowest BCUT2D eigenvalue weighted by atomic mass is 10.0. The fourth-order valence-electron chi connectivity index (χ4n) is 2.78. The first-order valence-corrected chi connectivity index (χ1v) is 8.51. The second-order valence-electron chi connectivity index (χ2n) is 5.87. The first-order chi connectivity index (χ1) is 12.4. The van der Waals surface area contributed by atoms with Crippen molar-refractivity contribution < 1.29 is 14.4 Å². The normalized spacial score (nSPS) is 10.3. The van der Waals surface area contributed by atoms with Crippen LogP contribution >= 0.6 is 0 Å². The van der Waals surface area contributed by atoms with Crippen LogP contribution in [0.15, 0.2) is 42.5 Å². The molecule has 0 aliphatic rings. The number of rotatable bonds is 4. The zero-order valence-corrected chi connectivity index (χ0v) is 15.2. The summed E-state index contributed by atoms with van der Waals surface area (Å²) in [5.41, 5.74) is 8.88. The predicted molar refractivity (Wildman–Crippen MR) is 103 cm³/mol. The quantitative estimate of drug-likeness (QED) is 0.653. The van der Waals surface area contributed by atoms with Gasteiger partial charge < -0.3 is 11.1 Å². The Morgan fingerprint density at radius 1 is 1.00 bits per heavy atom. The number of para-hydroxylation sites is 1. The van der Waals surface area contributed by atoms with Crippen LogP contribution in [0.1, 0.15) is 31.9 Å². The summed E-state index contributed by atoms with van der Waals surface area (Å²) >= 11 is 0. The smallest absolute Gasteiger partial charge is 0.323 e. The Kier molecular flexibility index (Phi) is 6.11. The summed E-state index contributed by atoms with van der Waals surface area (Å²) in [4.78, 5) is 38.0. The highest BCUT2D eigenvalue weighted by Gasteiger charge is 2.27. The van der Waals surface area contributed by atoms with Crippen LogP contribution in [-0.2, 0) is 27.2 Å². The molecule has 0 bridgehead atoms. The minimum Gasteiger partial charge on any atom is -0.399 e. The fraction of sp³-hybridized carbons (Fsp3) is 0.250. The minimum atomic E-state index is -0.948. The molecule has 2 aromatic rings. The average Bonchev–Trinajstić information content (AvgIpc) is 2.61. The van der Waals surface area contributed by atoms with E-state index in [0.29, 0.717) is 24.2 Å². The van der Waals surface area contributed by atoms with Gasteiger partial charge in [-0.2, -0.15) is 0 Å². The van der Waals surface area contributed by atoms with Crippen molar-refractivity contribution in [2.24, 2.45) is 0 Å². The molecule has 136 valence electrons. The molecule has 0 unspecified atom stereocenters. The van der Waals surface area contributed by atoms with E-state index in [-0.39, 0.29) is 5.69 Å². The van der Waals surface area contributed by atoms with Crippen LogP contribution in [0.4, 0.5) is 17.1 Å². The first-order valence-electron chi connectivity index (χ1n) is 8.51. The summed E-state index contributed by atoms with van der Waals surface area (Å²) in [5, 5.41) is 2.69. The molecule has 0 spiro atoms. The van der Waals surface area contributed by atoms with E-state index >= 15 is 0 Å². The van der Waals surface area contributed by atoms with Gasteiger partial charge in [0.2, 0.25) is 5.91 Å². The zero-order valence-electron chi connectivity index (χ0n) is 15.2. The van der Waals surface area contributed by atoms with Gasteiger partial charge in [0.25, 0.3) is 0 Å². The molecule has 0 fully saturated rings. The Labute approximate surface area is 153 Å². The Morgan fingerprint density at radius 3 is 2.08 bits per heavy atom. The molecule has 6 nitrogen and oxygen atoms in total. The lowest BCUT2D eigenvalue weighted by molar-refractivity contribution is -0.136. The van der Waals surface area contributed by atoms with E-state index in [2.05, 4.69) is 5.32 Å². The van der Waals surface area contributed by atoms with Crippen molar-refractivity contribution in [1.29, 1.82) is 0 Å². The third-order valence-electron chi connectivity index (χ3n) is 4.08. The molecule has 0 heterocycles. The van der Waals surface area contributed by atoms with Gasteiger partial charge in [-0.25, -0.2) is 4.90 Å². The molecule has 0 saturated heterocycles. The zero-order chi connectivity index (χ0) is 19.3. The Bertz CT molecular complexity index is 824. The number of anilines is 3. The lowest BCUT2D eigenvalue weighted by Gasteiger charge is -2.20. The van der Waals surface area contributed by atoms with Crippen LogP contribution in [0.5, 0.6) is 0 Å². The molecule has 0 aliphatic carbocycles. The van der Waals surface area contributed by atoms with Crippen molar-refractivity contribution in [3.63, 3.8) is 0 Å². The molecule has 6 heteroatoms. The largest absolute Gasteiger partial charge is 0.399 e. The maximum atomic E-state index is 12.7. The summed E-state index contributed by atoms with van der Waals surface area (Å²) in [6.07, 6.45) is 1.42. The third-order valence-corrected chi connectivity index (χ3v) is 4.08. The minimum absolute atomic E-state index is 0.261. The Morgan fingerprint density at radius 2 is 1.58 bits per heavy atom. The summed E-state index contributed by atoms with van der Waals surface area (Å²) in [7, 11) is 0. The number of carbonyl (C=O) groups is 3. The number of nitrogens with one attached hydrogen (secondary N) is 1. The molecule has 2 aromatic carbocycles. The number of nitrogens with zero attached hydrogens (tertiary/aromatic N) is 1. The van der Waals surface area contributed by atoms with Gasteiger partial charge in [-0.15, -0.1) is 0 Å². The number of benzene rings is 2. The molecule has 0 radical (unpaired) electrons. The number of hydrogen-bond acceptors (Lipinski definition) is 4. The van der Waals surface area contributed by atoms with Crippen molar-refractivity contribution >= 4 is 34.8 Å². The first kappa shape index (κ1) is 19.2. The summed E-state index contributed by atoms with van der Waals surface area (Å²) in [6.45, 7) is 5.17. The maximum absolute atomic E-state index is 12.7. The number of nitrogens with two attached hydrogens (primary N) is 1. The molecule has 3 amide bonds. The van der Waals surface area contributed by atoms with Gasteiger partial charge >= 0.3 is 11.8 Å². The van der Waals surface area contributed by atoms with Crippen molar-refractivity contribution in [3.05, 3.63) is 53.6 Å². The predicted octanol–water partition coefficient (Wildman–Crippen LogP) is 2.91. The van der Waals surface area contributed by atoms with Crippen LogP contribution < -0.4 is 16.0 Å². The number of aryl methyl sites for hydroxylation is 2. The second-order valence-corrected chi connectivity index (χ2v) is 5.87. The van der Waals surface area contributed by atoms with E-state index in [4.69, 9.17) is 5.73 Å². The Balaban J connectivity index is 2.34. The standard InChI is InChI=1S/C20H23N3O3/c1-4-14-8-6-9-15(5-2)18(14)22-19(25)20(26)23(13(3)24)17-11-7-10-16(21)12-17/h6-12H,4-5,21H2,1-3H3,(H,22,25). The summed E-state index contributed by atoms with van der Waals surface area (Å²) < 4.78 is 0. The highest BCUT2D eigenvalue weighted by Crippen LogP contribution is 2.23. The van der Waals surface area contributed by atoms with Crippen LogP contribution in [0.2, 0.25) is 0 Å². The van der Waals surface area contributed by atoms with Gasteiger partial charge in [0, 0.05) is 18.3 Å². The summed E-state index contributed by atoms with van der Waals surface area (Å²) in [5.74, 6) is -2.37. The molecular weight excluding hydrogens is 330 g/mol. The van der Waals surface area contributed by atoms with E-state index in [1.54, 1.807) is 18.2 Å². The van der Waals surface area contributed by atoms with E-state index < -0.39 is 17.7 Å². The highest BCUT2D eigenvalue weighted by molar-refractivity contribution is 6.48. The van der Waals surface area contributed by atoms with Gasteiger partial charge in [-0.05, 0) is 42.2 Å². The van der Waals surface area contributed by atoms with Crippen molar-refractivity contribution in [2.45, 2.75) is 33.6 Å². The number of carbonyl (C=O) groups excluding carboxylic acids is 3. The monoisotopic (exact) mass is 353 g/mol. The van der Waals surface area contributed by atoms with Gasteiger partial charge in [0.05, 0.1) is 5.69 Å². The number of imide groups is 1. The van der Waals surface area contributed by atoms with E-state index in [0.717, 1.165) is 16.0 Å². The van der Waals surface area contributed by atoms with Gasteiger partial charge in [0.1, 0.15) is 0 Å². The van der Waals surface area contributed by atoms with Crippen molar-refractivity contribution in [2.75, 3.05) is 16.0 Å². The molecule has 26 heavy (non-hydrogen) atoms. The van der Waals surface area contributed by atoms with Crippen LogP contribution in [-0.4, -0.2) is 17.7 Å². The van der Waals surface area contributed by atoms with Crippen molar-refractivity contribution in [1.82, 2.24) is 0 Å². The lowest BCUT2D eigenvalue weighted by Crippen LogP contribution is -2.43. The van der Waals surface area contributed by atoms with E-state index in [1.807, 2.05) is 32.0 Å². The number of nitrogen functional groups attached to an aromatic ring is 1. The van der Waals surface area contributed by atoms with Gasteiger partial charge in [0.15, 0.2) is 0 Å². The van der Waals surface area contributed by atoms with Crippen LogP contribution in [0, 0.1) is 0 Å². The van der Waals surface area contributed by atoms with Crippen molar-refractivity contribution in [3.8, 4) is 0 Å². The molecular formula is C20H23N3O3. The third kappa shape index (κ3) is 4.08. The molecule has 3 N–H and O–H groups in total. The second kappa shape index (κ2) is 8.29. The highest BCUT2D eigenvalue weighted by atomic mass is 16.2. The van der Waals surface area contributed by atoms with Crippen LogP contribution in [0.3, 0.4) is 0 Å².